The molecule has 2 atom stereocenters. The highest BCUT2D eigenvalue weighted by Crippen LogP contribution is 2.33. The normalized spacial score (nSPS) is 31.3. The second-order valence-corrected chi connectivity index (χ2v) is 6.99. The van der Waals surface area contributed by atoms with Gasteiger partial charge in [0.25, 0.3) is 0 Å². The number of hydrogen-bond acceptors (Lipinski definition) is 3. The molecule has 5 heteroatoms. The first-order valence-electron chi connectivity index (χ1n) is 8.32. The van der Waals surface area contributed by atoms with Gasteiger partial charge in [-0.3, -0.25) is 9.59 Å². The van der Waals surface area contributed by atoms with Gasteiger partial charge in [-0.1, -0.05) is 6.92 Å². The van der Waals surface area contributed by atoms with Gasteiger partial charge in [-0.15, -0.1) is 0 Å². The number of aliphatic hydroxyl groups excluding tert-OH is 1. The van der Waals surface area contributed by atoms with E-state index in [2.05, 4.69) is 0 Å². The van der Waals surface area contributed by atoms with Crippen LogP contribution < -0.4 is 0 Å². The minimum absolute atomic E-state index is 0.0655. The van der Waals surface area contributed by atoms with Crippen LogP contribution in [0.1, 0.15) is 39.0 Å². The molecule has 21 heavy (non-hydrogen) atoms. The molecule has 0 aromatic rings. The van der Waals surface area contributed by atoms with Crippen LogP contribution in [0.25, 0.3) is 0 Å². The van der Waals surface area contributed by atoms with E-state index in [0.29, 0.717) is 25.4 Å². The van der Waals surface area contributed by atoms with Gasteiger partial charge in [0.2, 0.25) is 11.8 Å². The summed E-state index contributed by atoms with van der Waals surface area (Å²) in [6.07, 6.45) is 4.10. The van der Waals surface area contributed by atoms with E-state index in [1.165, 1.54) is 0 Å². The lowest BCUT2D eigenvalue weighted by molar-refractivity contribution is -0.143. The van der Waals surface area contributed by atoms with Crippen molar-refractivity contribution in [1.29, 1.82) is 0 Å². The molecule has 3 aliphatic rings. The van der Waals surface area contributed by atoms with Crippen LogP contribution in [-0.4, -0.2) is 59.0 Å². The maximum absolute atomic E-state index is 12.6. The molecule has 0 spiro atoms. The topological polar surface area (TPSA) is 60.9 Å². The molecule has 1 aliphatic carbocycles. The van der Waals surface area contributed by atoms with Gasteiger partial charge < -0.3 is 14.9 Å². The number of amides is 2. The Morgan fingerprint density at radius 2 is 1.38 bits per heavy atom. The lowest BCUT2D eigenvalue weighted by atomic mass is 9.91. The summed E-state index contributed by atoms with van der Waals surface area (Å²) in [6.45, 7) is 4.81. The van der Waals surface area contributed by atoms with E-state index in [1.54, 1.807) is 0 Å². The molecular weight excluding hydrogens is 268 g/mol. The van der Waals surface area contributed by atoms with Crippen molar-refractivity contribution in [3.63, 3.8) is 0 Å². The third-order valence-electron chi connectivity index (χ3n) is 5.25. The smallest absolute Gasteiger partial charge is 0.225 e. The van der Waals surface area contributed by atoms with E-state index in [-0.39, 0.29) is 29.8 Å². The van der Waals surface area contributed by atoms with Gasteiger partial charge >= 0.3 is 0 Å². The van der Waals surface area contributed by atoms with Gasteiger partial charge in [0.05, 0.1) is 6.10 Å². The molecule has 5 nitrogen and oxygen atoms in total. The Bertz CT molecular complexity index is 414. The second-order valence-electron chi connectivity index (χ2n) is 6.99. The monoisotopic (exact) mass is 294 g/mol. The third kappa shape index (κ3) is 3.23. The highest BCUT2D eigenvalue weighted by Gasteiger charge is 2.37. The van der Waals surface area contributed by atoms with Crippen molar-refractivity contribution in [2.75, 3.05) is 26.2 Å². The highest BCUT2D eigenvalue weighted by atomic mass is 16.3. The molecular formula is C16H26N2O3. The van der Waals surface area contributed by atoms with Crippen LogP contribution >= 0.6 is 0 Å². The summed E-state index contributed by atoms with van der Waals surface area (Å²) < 4.78 is 0. The number of carbonyl (C=O) groups is 2. The molecule has 3 fully saturated rings. The van der Waals surface area contributed by atoms with Gasteiger partial charge in [-0.05, 0) is 38.0 Å². The van der Waals surface area contributed by atoms with Crippen molar-refractivity contribution >= 4 is 11.8 Å². The average Bonchev–Trinajstić information content (AvgIpc) is 3.33. The summed E-state index contributed by atoms with van der Waals surface area (Å²) in [7, 11) is 0. The van der Waals surface area contributed by atoms with Gasteiger partial charge in [0.15, 0.2) is 0 Å². The Labute approximate surface area is 126 Å². The lowest BCUT2D eigenvalue weighted by Crippen LogP contribution is -2.49. The predicted molar refractivity (Wildman–Crippen MR) is 78.4 cm³/mol. The van der Waals surface area contributed by atoms with Crippen LogP contribution in [0, 0.1) is 17.8 Å². The highest BCUT2D eigenvalue weighted by molar-refractivity contribution is 5.82. The maximum Gasteiger partial charge on any atom is 0.225 e. The van der Waals surface area contributed by atoms with E-state index in [1.807, 2.05) is 16.7 Å². The molecule has 2 heterocycles. The number of hydrogen-bond donors (Lipinski definition) is 1. The minimum atomic E-state index is -0.271. The predicted octanol–water partition coefficient (Wildman–Crippen LogP) is 0.864. The summed E-state index contributed by atoms with van der Waals surface area (Å²) in [5.41, 5.74) is 0. The van der Waals surface area contributed by atoms with E-state index < -0.39 is 0 Å². The van der Waals surface area contributed by atoms with Crippen molar-refractivity contribution in [3.05, 3.63) is 0 Å². The molecule has 1 saturated carbocycles. The van der Waals surface area contributed by atoms with Crippen LogP contribution in [0.15, 0.2) is 0 Å². The first-order chi connectivity index (χ1) is 10.1. The Morgan fingerprint density at radius 1 is 0.857 bits per heavy atom. The molecule has 2 saturated heterocycles. The molecule has 0 aromatic carbocycles. The van der Waals surface area contributed by atoms with Gasteiger partial charge in [0, 0.05) is 38.0 Å². The first kappa shape index (κ1) is 14.8. The fourth-order valence-electron chi connectivity index (χ4n) is 3.53. The fraction of sp³-hybridized carbons (Fsp3) is 0.875. The van der Waals surface area contributed by atoms with Crippen LogP contribution in [0.2, 0.25) is 0 Å². The molecule has 3 rings (SSSR count). The average molecular weight is 294 g/mol. The third-order valence-corrected chi connectivity index (χ3v) is 5.25. The number of nitrogens with zero attached hydrogens (tertiary/aromatic N) is 2. The Balaban J connectivity index is 1.49. The first-order valence-corrected chi connectivity index (χ1v) is 8.32. The summed E-state index contributed by atoms with van der Waals surface area (Å²) in [4.78, 5) is 28.5. The van der Waals surface area contributed by atoms with Crippen molar-refractivity contribution in [2.45, 2.75) is 45.1 Å². The van der Waals surface area contributed by atoms with Crippen LogP contribution in [0.4, 0.5) is 0 Å². The Kier molecular flexibility index (Phi) is 4.20. The molecule has 2 unspecified atom stereocenters. The molecule has 0 aromatic heterocycles. The fourth-order valence-corrected chi connectivity index (χ4v) is 3.53. The summed E-state index contributed by atoms with van der Waals surface area (Å²) in [5, 5.41) is 9.76. The van der Waals surface area contributed by atoms with Crippen LogP contribution in [-0.2, 0) is 9.59 Å². The van der Waals surface area contributed by atoms with Crippen molar-refractivity contribution in [3.8, 4) is 0 Å². The summed E-state index contributed by atoms with van der Waals surface area (Å²) in [5.74, 6) is 1.04. The van der Waals surface area contributed by atoms with Gasteiger partial charge in [-0.25, -0.2) is 0 Å². The zero-order valence-corrected chi connectivity index (χ0v) is 12.8. The molecule has 118 valence electrons. The van der Waals surface area contributed by atoms with Crippen molar-refractivity contribution < 1.29 is 14.7 Å². The van der Waals surface area contributed by atoms with E-state index >= 15 is 0 Å². The lowest BCUT2D eigenvalue weighted by Gasteiger charge is -2.38. The molecule has 0 bridgehead atoms. The quantitative estimate of drug-likeness (QED) is 0.822. The zero-order valence-electron chi connectivity index (χ0n) is 12.8. The number of aliphatic hydroxyl groups is 1. The SMILES string of the molecule is CC1CN(C(=O)C2CCN(C(=O)C3CC3)CC2)CCC1O. The number of likely N-dealkylation sites (tertiary alicyclic amines) is 2. The number of piperidine rings is 2. The number of rotatable bonds is 2. The van der Waals surface area contributed by atoms with Crippen molar-refractivity contribution in [2.24, 2.45) is 17.8 Å². The summed E-state index contributed by atoms with van der Waals surface area (Å²) >= 11 is 0. The standard InChI is InChI=1S/C16H26N2O3/c1-11-10-18(9-6-14(11)19)16(21)13-4-7-17(8-5-13)15(20)12-2-3-12/h11-14,19H,2-10H2,1H3. The van der Waals surface area contributed by atoms with Crippen LogP contribution in [0.5, 0.6) is 0 Å². The Morgan fingerprint density at radius 3 is 1.95 bits per heavy atom. The summed E-state index contributed by atoms with van der Waals surface area (Å²) in [6, 6.07) is 0. The van der Waals surface area contributed by atoms with Gasteiger partial charge in [0.1, 0.15) is 0 Å². The van der Waals surface area contributed by atoms with E-state index in [0.717, 1.165) is 38.8 Å². The number of carbonyl (C=O) groups excluding carboxylic acids is 2. The van der Waals surface area contributed by atoms with E-state index in [4.69, 9.17) is 0 Å². The molecule has 2 amide bonds. The van der Waals surface area contributed by atoms with Crippen molar-refractivity contribution in [1.82, 2.24) is 9.80 Å². The maximum atomic E-state index is 12.6. The molecule has 1 N–H and O–H groups in total. The van der Waals surface area contributed by atoms with Gasteiger partial charge in [-0.2, -0.15) is 0 Å². The zero-order chi connectivity index (χ0) is 15.0. The molecule has 2 aliphatic heterocycles. The second kappa shape index (κ2) is 5.95. The Hall–Kier alpha value is -1.10. The largest absolute Gasteiger partial charge is 0.393 e. The minimum Gasteiger partial charge on any atom is -0.393 e. The molecule has 0 radical (unpaired) electrons. The van der Waals surface area contributed by atoms with Crippen LogP contribution in [0.3, 0.4) is 0 Å². The van der Waals surface area contributed by atoms with E-state index in [9.17, 15) is 14.7 Å².